The standard InChI is InChI=1S/C16H26N4O3/c1-22-10-2-5-18-16(21)15-4-3-14(13-19-15)17-6-7-20-8-11-23-12-9-20/h3-4,13,17H,2,5-12H2,1H3,(H,18,21). The fourth-order valence-electron chi connectivity index (χ4n) is 2.32. The van der Waals surface area contributed by atoms with Gasteiger partial charge in [0.1, 0.15) is 5.69 Å². The molecule has 128 valence electrons. The van der Waals surface area contributed by atoms with Crippen molar-refractivity contribution < 1.29 is 14.3 Å². The second-order valence-corrected chi connectivity index (χ2v) is 5.42. The number of nitrogens with zero attached hydrogens (tertiary/aromatic N) is 2. The Bertz CT molecular complexity index is 461. The molecule has 0 atom stereocenters. The lowest BCUT2D eigenvalue weighted by Gasteiger charge is -2.26. The molecule has 2 rings (SSSR count). The zero-order valence-electron chi connectivity index (χ0n) is 13.7. The number of nitrogens with one attached hydrogen (secondary N) is 2. The number of morpholine rings is 1. The average molecular weight is 322 g/mol. The Hall–Kier alpha value is -1.70. The maximum atomic E-state index is 11.9. The highest BCUT2D eigenvalue weighted by Crippen LogP contribution is 2.06. The molecule has 0 radical (unpaired) electrons. The number of ether oxygens (including phenoxy) is 2. The van der Waals surface area contributed by atoms with Crippen LogP contribution in [0, 0.1) is 0 Å². The molecule has 1 aliphatic rings. The molecule has 0 unspecified atom stereocenters. The smallest absolute Gasteiger partial charge is 0.269 e. The molecule has 1 aliphatic heterocycles. The first-order valence-electron chi connectivity index (χ1n) is 8.07. The maximum absolute atomic E-state index is 11.9. The van der Waals surface area contributed by atoms with Crippen LogP contribution in [0.5, 0.6) is 0 Å². The number of methoxy groups -OCH3 is 1. The molecule has 7 nitrogen and oxygen atoms in total. The topological polar surface area (TPSA) is 75.7 Å². The fourth-order valence-corrected chi connectivity index (χ4v) is 2.32. The summed E-state index contributed by atoms with van der Waals surface area (Å²) >= 11 is 0. The Morgan fingerprint density at radius 1 is 1.35 bits per heavy atom. The number of aromatic nitrogens is 1. The largest absolute Gasteiger partial charge is 0.385 e. The van der Waals surface area contributed by atoms with E-state index in [9.17, 15) is 4.79 Å². The summed E-state index contributed by atoms with van der Waals surface area (Å²) in [6, 6.07) is 3.62. The van der Waals surface area contributed by atoms with Crippen LogP contribution in [0.3, 0.4) is 0 Å². The molecule has 1 aromatic heterocycles. The first kappa shape index (κ1) is 17.7. The van der Waals surface area contributed by atoms with Crippen LogP contribution >= 0.6 is 0 Å². The minimum atomic E-state index is -0.152. The number of amides is 1. The lowest BCUT2D eigenvalue weighted by Crippen LogP contribution is -2.39. The summed E-state index contributed by atoms with van der Waals surface area (Å²) < 4.78 is 10.3. The van der Waals surface area contributed by atoms with Crippen molar-refractivity contribution >= 4 is 11.6 Å². The van der Waals surface area contributed by atoms with Crippen molar-refractivity contribution in [3.63, 3.8) is 0 Å². The number of pyridine rings is 1. The summed E-state index contributed by atoms with van der Waals surface area (Å²) in [5.74, 6) is -0.152. The molecule has 7 heteroatoms. The predicted octanol–water partition coefficient (Wildman–Crippen LogP) is 0.592. The van der Waals surface area contributed by atoms with E-state index in [0.29, 0.717) is 18.8 Å². The number of anilines is 1. The van der Waals surface area contributed by atoms with Crippen molar-refractivity contribution in [3.8, 4) is 0 Å². The van der Waals surface area contributed by atoms with E-state index in [2.05, 4.69) is 20.5 Å². The highest BCUT2D eigenvalue weighted by molar-refractivity contribution is 5.92. The van der Waals surface area contributed by atoms with Gasteiger partial charge in [-0.05, 0) is 18.6 Å². The van der Waals surface area contributed by atoms with E-state index in [1.54, 1.807) is 19.4 Å². The van der Waals surface area contributed by atoms with Crippen molar-refractivity contribution in [2.75, 3.05) is 65.0 Å². The number of rotatable bonds is 9. The van der Waals surface area contributed by atoms with Crippen molar-refractivity contribution in [2.24, 2.45) is 0 Å². The van der Waals surface area contributed by atoms with Crippen LogP contribution in [-0.4, -0.2) is 75.4 Å². The second kappa shape index (κ2) is 10.1. The molecule has 1 aromatic rings. The summed E-state index contributed by atoms with van der Waals surface area (Å²) in [6.07, 6.45) is 2.49. The predicted molar refractivity (Wildman–Crippen MR) is 88.8 cm³/mol. The summed E-state index contributed by atoms with van der Waals surface area (Å²) in [7, 11) is 1.65. The minimum Gasteiger partial charge on any atom is -0.385 e. The molecule has 0 bridgehead atoms. The van der Waals surface area contributed by atoms with Gasteiger partial charge in [0.05, 0.1) is 25.1 Å². The molecular formula is C16H26N4O3. The van der Waals surface area contributed by atoms with E-state index in [1.807, 2.05) is 6.07 Å². The average Bonchev–Trinajstić information content (AvgIpc) is 2.60. The van der Waals surface area contributed by atoms with E-state index in [1.165, 1.54) is 0 Å². The molecule has 0 spiro atoms. The van der Waals surface area contributed by atoms with Crippen LogP contribution < -0.4 is 10.6 Å². The summed E-state index contributed by atoms with van der Waals surface area (Å²) in [6.45, 7) is 6.67. The van der Waals surface area contributed by atoms with Crippen LogP contribution in [0.2, 0.25) is 0 Å². The molecule has 0 saturated carbocycles. The van der Waals surface area contributed by atoms with Gasteiger partial charge in [-0.3, -0.25) is 9.69 Å². The van der Waals surface area contributed by atoms with E-state index in [0.717, 1.165) is 51.5 Å². The number of carbonyl (C=O) groups excluding carboxylic acids is 1. The van der Waals surface area contributed by atoms with Gasteiger partial charge in [-0.15, -0.1) is 0 Å². The van der Waals surface area contributed by atoms with E-state index < -0.39 is 0 Å². The van der Waals surface area contributed by atoms with Crippen LogP contribution in [0.25, 0.3) is 0 Å². The first-order valence-corrected chi connectivity index (χ1v) is 8.07. The third-order valence-electron chi connectivity index (χ3n) is 3.67. The third-order valence-corrected chi connectivity index (χ3v) is 3.67. The van der Waals surface area contributed by atoms with Crippen LogP contribution in [-0.2, 0) is 9.47 Å². The molecule has 0 aliphatic carbocycles. The maximum Gasteiger partial charge on any atom is 0.269 e. The molecule has 1 saturated heterocycles. The SMILES string of the molecule is COCCCNC(=O)c1ccc(NCCN2CCOCC2)cn1. The summed E-state index contributed by atoms with van der Waals surface area (Å²) in [4.78, 5) is 18.5. The molecule has 1 amide bonds. The highest BCUT2D eigenvalue weighted by Gasteiger charge is 2.09. The van der Waals surface area contributed by atoms with Gasteiger partial charge in [-0.1, -0.05) is 0 Å². The monoisotopic (exact) mass is 322 g/mol. The Balaban J connectivity index is 1.67. The van der Waals surface area contributed by atoms with Crippen LogP contribution in [0.15, 0.2) is 18.3 Å². The Morgan fingerprint density at radius 2 is 2.17 bits per heavy atom. The van der Waals surface area contributed by atoms with E-state index in [-0.39, 0.29) is 5.91 Å². The first-order chi connectivity index (χ1) is 11.3. The van der Waals surface area contributed by atoms with Gasteiger partial charge < -0.3 is 20.1 Å². The molecule has 0 aromatic carbocycles. The van der Waals surface area contributed by atoms with Crippen LogP contribution in [0.4, 0.5) is 5.69 Å². The number of carbonyl (C=O) groups is 1. The third kappa shape index (κ3) is 6.52. The molecule has 23 heavy (non-hydrogen) atoms. The minimum absolute atomic E-state index is 0.152. The summed E-state index contributed by atoms with van der Waals surface area (Å²) in [5.41, 5.74) is 1.36. The van der Waals surface area contributed by atoms with Gasteiger partial charge in [-0.25, -0.2) is 4.98 Å². The Kier molecular flexibility index (Phi) is 7.79. The zero-order chi connectivity index (χ0) is 16.3. The quantitative estimate of drug-likeness (QED) is 0.648. The van der Waals surface area contributed by atoms with E-state index in [4.69, 9.17) is 9.47 Å². The van der Waals surface area contributed by atoms with Crippen LogP contribution in [0.1, 0.15) is 16.9 Å². The fraction of sp³-hybridized carbons (Fsp3) is 0.625. The van der Waals surface area contributed by atoms with Crippen molar-refractivity contribution in [3.05, 3.63) is 24.0 Å². The lowest BCUT2D eigenvalue weighted by atomic mass is 10.3. The highest BCUT2D eigenvalue weighted by atomic mass is 16.5. The molecule has 1 fully saturated rings. The van der Waals surface area contributed by atoms with Gasteiger partial charge in [0.25, 0.3) is 5.91 Å². The van der Waals surface area contributed by atoms with Crippen molar-refractivity contribution in [2.45, 2.75) is 6.42 Å². The lowest BCUT2D eigenvalue weighted by molar-refractivity contribution is 0.0398. The normalized spacial score (nSPS) is 15.3. The van der Waals surface area contributed by atoms with Gasteiger partial charge >= 0.3 is 0 Å². The zero-order valence-corrected chi connectivity index (χ0v) is 13.7. The van der Waals surface area contributed by atoms with Gasteiger partial charge in [0, 0.05) is 46.4 Å². The molecule has 2 heterocycles. The van der Waals surface area contributed by atoms with Crippen molar-refractivity contribution in [1.29, 1.82) is 0 Å². The Labute approximate surface area is 137 Å². The Morgan fingerprint density at radius 3 is 2.87 bits per heavy atom. The van der Waals surface area contributed by atoms with Gasteiger partial charge in [0.15, 0.2) is 0 Å². The van der Waals surface area contributed by atoms with Crippen molar-refractivity contribution in [1.82, 2.24) is 15.2 Å². The number of hydrogen-bond donors (Lipinski definition) is 2. The van der Waals surface area contributed by atoms with E-state index >= 15 is 0 Å². The van der Waals surface area contributed by atoms with Gasteiger partial charge in [-0.2, -0.15) is 0 Å². The number of hydrogen-bond acceptors (Lipinski definition) is 6. The second-order valence-electron chi connectivity index (χ2n) is 5.42. The van der Waals surface area contributed by atoms with Gasteiger partial charge in [0.2, 0.25) is 0 Å². The summed E-state index contributed by atoms with van der Waals surface area (Å²) in [5, 5.41) is 6.14. The molecule has 2 N–H and O–H groups in total. The molecular weight excluding hydrogens is 296 g/mol.